The van der Waals surface area contributed by atoms with Crippen LogP contribution in [0.4, 0.5) is 5.82 Å². The third-order valence-corrected chi connectivity index (χ3v) is 5.22. The molecule has 1 fully saturated rings. The second-order valence-electron chi connectivity index (χ2n) is 6.99. The topological polar surface area (TPSA) is 73.5 Å². The van der Waals surface area contributed by atoms with E-state index in [-0.39, 0.29) is 0 Å². The molecule has 1 saturated carbocycles. The zero-order chi connectivity index (χ0) is 17.2. The molecule has 1 N–H and O–H groups in total. The maximum absolute atomic E-state index is 4.86. The molecular formula is C18H25N7. The Morgan fingerprint density at radius 1 is 1.28 bits per heavy atom. The van der Waals surface area contributed by atoms with E-state index in [1.807, 2.05) is 36.6 Å². The maximum atomic E-state index is 4.86. The number of hydrogen-bond acceptors (Lipinski definition) is 5. The molecule has 3 aromatic rings. The van der Waals surface area contributed by atoms with Crippen molar-refractivity contribution in [3.8, 4) is 0 Å². The summed E-state index contributed by atoms with van der Waals surface area (Å²) in [5, 5.41) is 8.89. The van der Waals surface area contributed by atoms with E-state index in [2.05, 4.69) is 26.9 Å². The van der Waals surface area contributed by atoms with Crippen molar-refractivity contribution < 1.29 is 0 Å². The number of aromatic nitrogens is 6. The summed E-state index contributed by atoms with van der Waals surface area (Å²) < 4.78 is 3.97. The number of nitrogens with zero attached hydrogens (tertiary/aromatic N) is 6. The van der Waals surface area contributed by atoms with E-state index in [4.69, 9.17) is 9.97 Å². The van der Waals surface area contributed by atoms with Crippen LogP contribution in [0.2, 0.25) is 0 Å². The molecule has 1 atom stereocenters. The first-order valence-corrected chi connectivity index (χ1v) is 9.13. The zero-order valence-corrected chi connectivity index (χ0v) is 14.9. The molecule has 132 valence electrons. The van der Waals surface area contributed by atoms with Crippen molar-refractivity contribution in [1.82, 2.24) is 29.3 Å². The number of nitrogens with one attached hydrogen (secondary N) is 1. The van der Waals surface area contributed by atoms with E-state index in [0.717, 1.165) is 35.6 Å². The highest BCUT2D eigenvalue weighted by molar-refractivity contribution is 5.86. The van der Waals surface area contributed by atoms with Crippen molar-refractivity contribution in [2.75, 3.05) is 11.9 Å². The summed E-state index contributed by atoms with van der Waals surface area (Å²) in [6.45, 7) is 3.05. The molecule has 3 aromatic heterocycles. The quantitative estimate of drug-likeness (QED) is 0.746. The van der Waals surface area contributed by atoms with Crippen LogP contribution in [0.15, 0.2) is 24.9 Å². The van der Waals surface area contributed by atoms with Crippen LogP contribution in [0.5, 0.6) is 0 Å². The van der Waals surface area contributed by atoms with Crippen LogP contribution in [0.1, 0.15) is 56.8 Å². The third kappa shape index (κ3) is 3.23. The average Bonchev–Trinajstić information content (AvgIpc) is 3.37. The van der Waals surface area contributed by atoms with Crippen LogP contribution in [0.3, 0.4) is 0 Å². The molecule has 0 radical (unpaired) electrons. The monoisotopic (exact) mass is 339 g/mol. The third-order valence-electron chi connectivity index (χ3n) is 5.22. The molecule has 7 heteroatoms. The second kappa shape index (κ2) is 6.82. The summed E-state index contributed by atoms with van der Waals surface area (Å²) in [5.41, 5.74) is 0.919. The van der Waals surface area contributed by atoms with Crippen LogP contribution in [-0.2, 0) is 7.05 Å². The van der Waals surface area contributed by atoms with Gasteiger partial charge in [0.2, 0.25) is 0 Å². The van der Waals surface area contributed by atoms with Gasteiger partial charge in [0, 0.05) is 37.9 Å². The van der Waals surface area contributed by atoms with E-state index in [1.165, 1.54) is 25.7 Å². The molecule has 0 saturated heterocycles. The van der Waals surface area contributed by atoms with Gasteiger partial charge in [-0.3, -0.25) is 4.68 Å². The summed E-state index contributed by atoms with van der Waals surface area (Å²) in [7, 11) is 1.94. The Labute approximate surface area is 147 Å². The van der Waals surface area contributed by atoms with Crippen molar-refractivity contribution in [2.24, 2.45) is 7.05 Å². The van der Waals surface area contributed by atoms with Crippen molar-refractivity contribution in [3.05, 3.63) is 30.7 Å². The summed E-state index contributed by atoms with van der Waals surface area (Å²) in [5.74, 6) is 2.38. The van der Waals surface area contributed by atoms with Gasteiger partial charge in [-0.1, -0.05) is 12.8 Å². The van der Waals surface area contributed by atoms with Gasteiger partial charge in [0.15, 0.2) is 5.65 Å². The van der Waals surface area contributed by atoms with Gasteiger partial charge < -0.3 is 9.88 Å². The highest BCUT2D eigenvalue weighted by Gasteiger charge is 2.22. The highest BCUT2D eigenvalue weighted by atomic mass is 15.3. The zero-order valence-electron chi connectivity index (χ0n) is 14.9. The fourth-order valence-corrected chi connectivity index (χ4v) is 3.62. The van der Waals surface area contributed by atoms with E-state index in [0.29, 0.717) is 12.0 Å². The first-order valence-electron chi connectivity index (χ1n) is 9.13. The predicted molar refractivity (Wildman–Crippen MR) is 97.6 cm³/mol. The summed E-state index contributed by atoms with van der Waals surface area (Å²) in [4.78, 5) is 13.8. The lowest BCUT2D eigenvalue weighted by atomic mass is 10.1. The minimum Gasteiger partial charge on any atom is -0.369 e. The molecule has 0 amide bonds. The van der Waals surface area contributed by atoms with Crippen LogP contribution >= 0.6 is 0 Å². The van der Waals surface area contributed by atoms with Crippen LogP contribution in [0.25, 0.3) is 11.0 Å². The Balaban J connectivity index is 1.53. The molecule has 0 bridgehead atoms. The van der Waals surface area contributed by atoms with Crippen LogP contribution < -0.4 is 5.32 Å². The van der Waals surface area contributed by atoms with Gasteiger partial charge in [0.1, 0.15) is 11.6 Å². The number of rotatable bonds is 6. The smallest absolute Gasteiger partial charge is 0.163 e. The lowest BCUT2D eigenvalue weighted by Crippen LogP contribution is -2.12. The largest absolute Gasteiger partial charge is 0.369 e. The molecule has 0 unspecified atom stereocenters. The SMILES string of the molecule is C[C@H](CCNc1nc(C2CCCC2)nc2c1cnn2C)n1ccnc1. The molecule has 0 spiro atoms. The number of aryl methyl sites for hydroxylation is 1. The van der Waals surface area contributed by atoms with Crippen LogP contribution in [-0.4, -0.2) is 35.8 Å². The second-order valence-corrected chi connectivity index (χ2v) is 6.99. The maximum Gasteiger partial charge on any atom is 0.163 e. The van der Waals surface area contributed by atoms with Crippen molar-refractivity contribution in [2.45, 2.75) is 51.0 Å². The molecule has 3 heterocycles. The Bertz CT molecular complexity index is 831. The minimum absolute atomic E-state index is 0.399. The Kier molecular flexibility index (Phi) is 4.38. The number of hydrogen-bond donors (Lipinski definition) is 1. The van der Waals surface area contributed by atoms with E-state index < -0.39 is 0 Å². The standard InChI is InChI=1S/C18H25N7/c1-13(25-10-9-19-12-25)7-8-20-17-15-11-21-24(2)18(15)23-16(22-17)14-5-3-4-6-14/h9-14H,3-8H2,1-2H3,(H,20,22,23)/t13-/m1/s1. The lowest BCUT2D eigenvalue weighted by molar-refractivity contribution is 0.519. The molecule has 7 nitrogen and oxygen atoms in total. The normalized spacial score (nSPS) is 16.6. The lowest BCUT2D eigenvalue weighted by Gasteiger charge is -2.15. The Hall–Kier alpha value is -2.44. The molecule has 4 rings (SSSR count). The predicted octanol–water partition coefficient (Wildman–Crippen LogP) is 3.28. The van der Waals surface area contributed by atoms with Gasteiger partial charge in [-0.25, -0.2) is 15.0 Å². The molecule has 0 aliphatic heterocycles. The molecule has 25 heavy (non-hydrogen) atoms. The fourth-order valence-electron chi connectivity index (χ4n) is 3.62. The van der Waals surface area contributed by atoms with Gasteiger partial charge in [-0.2, -0.15) is 5.10 Å². The van der Waals surface area contributed by atoms with Crippen LogP contribution in [0, 0.1) is 0 Å². The van der Waals surface area contributed by atoms with Gasteiger partial charge in [0.05, 0.1) is 17.9 Å². The average molecular weight is 339 g/mol. The van der Waals surface area contributed by atoms with Gasteiger partial charge in [-0.15, -0.1) is 0 Å². The summed E-state index contributed by atoms with van der Waals surface area (Å²) in [6, 6.07) is 0.399. The Morgan fingerprint density at radius 2 is 2.12 bits per heavy atom. The minimum atomic E-state index is 0.399. The number of anilines is 1. The van der Waals surface area contributed by atoms with E-state index in [1.54, 1.807) is 0 Å². The molecule has 1 aliphatic rings. The number of imidazole rings is 1. The van der Waals surface area contributed by atoms with Gasteiger partial charge in [0.25, 0.3) is 0 Å². The van der Waals surface area contributed by atoms with Crippen molar-refractivity contribution >= 4 is 16.9 Å². The number of fused-ring (bicyclic) bond motifs is 1. The van der Waals surface area contributed by atoms with E-state index in [9.17, 15) is 0 Å². The molecular weight excluding hydrogens is 314 g/mol. The first kappa shape index (κ1) is 16.1. The summed E-state index contributed by atoms with van der Waals surface area (Å²) in [6.07, 6.45) is 13.5. The van der Waals surface area contributed by atoms with Gasteiger partial charge >= 0.3 is 0 Å². The fraction of sp³-hybridized carbons (Fsp3) is 0.556. The first-order chi connectivity index (χ1) is 12.2. The highest BCUT2D eigenvalue weighted by Crippen LogP contribution is 2.34. The molecule has 1 aliphatic carbocycles. The summed E-state index contributed by atoms with van der Waals surface area (Å²) >= 11 is 0. The Morgan fingerprint density at radius 3 is 2.88 bits per heavy atom. The van der Waals surface area contributed by atoms with Crippen molar-refractivity contribution in [3.63, 3.8) is 0 Å². The molecule has 0 aromatic carbocycles. The van der Waals surface area contributed by atoms with Crippen molar-refractivity contribution in [1.29, 1.82) is 0 Å². The van der Waals surface area contributed by atoms with Gasteiger partial charge in [-0.05, 0) is 26.2 Å². The van der Waals surface area contributed by atoms with E-state index >= 15 is 0 Å².